The van der Waals surface area contributed by atoms with Crippen LogP contribution in [-0.2, 0) is 0 Å². The number of rotatable bonds is 0. The molecule has 3 heterocycles. The lowest BCUT2D eigenvalue weighted by Gasteiger charge is -2.57. The Kier molecular flexibility index (Phi) is 2.66. The van der Waals surface area contributed by atoms with Crippen LogP contribution in [0.5, 0.6) is 5.75 Å². The largest absolute Gasteiger partial charge is 0.489 e. The SMILES string of the molecule is CC1COc2cc(F)ccc2N1C(=O)N1CC2(CNC2)C1. The first-order chi connectivity index (χ1) is 10.1. The second-order valence-corrected chi connectivity index (χ2v) is 6.38. The first-order valence-corrected chi connectivity index (χ1v) is 7.29. The number of fused-ring (bicyclic) bond motifs is 1. The number of anilines is 1. The second-order valence-electron chi connectivity index (χ2n) is 6.38. The smallest absolute Gasteiger partial charge is 0.325 e. The molecule has 3 aliphatic rings. The average Bonchev–Trinajstić information content (AvgIpc) is 2.35. The van der Waals surface area contributed by atoms with Gasteiger partial charge in [-0.15, -0.1) is 0 Å². The molecule has 0 aliphatic carbocycles. The first kappa shape index (κ1) is 12.9. The summed E-state index contributed by atoms with van der Waals surface area (Å²) in [6, 6.07) is 4.28. The summed E-state index contributed by atoms with van der Waals surface area (Å²) in [4.78, 5) is 16.4. The third-order valence-electron chi connectivity index (χ3n) is 4.63. The molecule has 1 unspecified atom stereocenters. The van der Waals surface area contributed by atoms with Gasteiger partial charge in [0.1, 0.15) is 18.2 Å². The molecule has 2 fully saturated rings. The second kappa shape index (κ2) is 4.34. The Morgan fingerprint density at radius 2 is 2.19 bits per heavy atom. The fourth-order valence-corrected chi connectivity index (χ4v) is 3.37. The summed E-state index contributed by atoms with van der Waals surface area (Å²) in [7, 11) is 0. The van der Waals surface area contributed by atoms with E-state index in [4.69, 9.17) is 4.74 Å². The van der Waals surface area contributed by atoms with Crippen LogP contribution in [0.25, 0.3) is 0 Å². The number of likely N-dealkylation sites (tertiary alicyclic amines) is 1. The number of hydrogen-bond donors (Lipinski definition) is 1. The maximum absolute atomic E-state index is 13.3. The molecule has 0 saturated carbocycles. The molecule has 2 saturated heterocycles. The molecule has 5 nitrogen and oxygen atoms in total. The highest BCUT2D eigenvalue weighted by Gasteiger charge is 2.51. The first-order valence-electron chi connectivity index (χ1n) is 7.29. The van der Waals surface area contributed by atoms with Gasteiger partial charge in [0.25, 0.3) is 0 Å². The van der Waals surface area contributed by atoms with Gasteiger partial charge in [-0.25, -0.2) is 9.18 Å². The molecule has 6 heteroatoms. The molecule has 1 aromatic carbocycles. The molecule has 1 spiro atoms. The van der Waals surface area contributed by atoms with Crippen molar-refractivity contribution in [1.82, 2.24) is 10.2 Å². The molecule has 1 atom stereocenters. The zero-order valence-electron chi connectivity index (χ0n) is 11.9. The number of carbonyl (C=O) groups is 1. The zero-order chi connectivity index (χ0) is 14.6. The van der Waals surface area contributed by atoms with E-state index in [1.165, 1.54) is 12.1 Å². The highest BCUT2D eigenvalue weighted by atomic mass is 19.1. The van der Waals surface area contributed by atoms with Crippen LogP contribution in [0.3, 0.4) is 0 Å². The van der Waals surface area contributed by atoms with E-state index < -0.39 is 0 Å². The van der Waals surface area contributed by atoms with Crippen molar-refractivity contribution in [1.29, 1.82) is 0 Å². The van der Waals surface area contributed by atoms with Crippen LogP contribution in [0.1, 0.15) is 6.92 Å². The summed E-state index contributed by atoms with van der Waals surface area (Å²) in [6.45, 7) is 5.95. The van der Waals surface area contributed by atoms with E-state index in [-0.39, 0.29) is 17.9 Å². The minimum absolute atomic E-state index is 0.00353. The lowest BCUT2D eigenvalue weighted by atomic mass is 9.74. The summed E-state index contributed by atoms with van der Waals surface area (Å²) >= 11 is 0. The van der Waals surface area contributed by atoms with Crippen LogP contribution in [-0.4, -0.2) is 49.8 Å². The lowest BCUT2D eigenvalue weighted by Crippen LogP contribution is -2.73. The van der Waals surface area contributed by atoms with Gasteiger partial charge in [0.05, 0.1) is 11.7 Å². The predicted molar refractivity (Wildman–Crippen MR) is 76.1 cm³/mol. The Labute approximate surface area is 122 Å². The fraction of sp³-hybridized carbons (Fsp3) is 0.533. The minimum atomic E-state index is -0.348. The maximum atomic E-state index is 13.3. The van der Waals surface area contributed by atoms with E-state index in [1.54, 1.807) is 11.0 Å². The Bertz CT molecular complexity index is 595. The summed E-state index contributed by atoms with van der Waals surface area (Å²) in [5.74, 6) is 0.0983. The molecule has 0 aromatic heterocycles. The van der Waals surface area contributed by atoms with Crippen molar-refractivity contribution in [2.75, 3.05) is 37.7 Å². The Morgan fingerprint density at radius 1 is 1.43 bits per heavy atom. The predicted octanol–water partition coefficient (Wildman–Crippen LogP) is 1.44. The van der Waals surface area contributed by atoms with E-state index in [9.17, 15) is 9.18 Å². The summed E-state index contributed by atoms with van der Waals surface area (Å²) in [6.07, 6.45) is 0. The van der Waals surface area contributed by atoms with Crippen molar-refractivity contribution in [2.24, 2.45) is 5.41 Å². The van der Waals surface area contributed by atoms with E-state index in [1.807, 2.05) is 11.8 Å². The van der Waals surface area contributed by atoms with E-state index in [2.05, 4.69) is 5.32 Å². The Balaban J connectivity index is 1.58. The molecular formula is C15H18FN3O2. The van der Waals surface area contributed by atoms with Gasteiger partial charge < -0.3 is 15.0 Å². The van der Waals surface area contributed by atoms with Crippen molar-refractivity contribution >= 4 is 11.7 Å². The maximum Gasteiger partial charge on any atom is 0.325 e. The number of amides is 2. The van der Waals surface area contributed by atoms with Crippen LogP contribution in [0.4, 0.5) is 14.9 Å². The van der Waals surface area contributed by atoms with Gasteiger partial charge in [0.15, 0.2) is 0 Å². The van der Waals surface area contributed by atoms with Gasteiger partial charge in [0.2, 0.25) is 0 Å². The van der Waals surface area contributed by atoms with Crippen molar-refractivity contribution < 1.29 is 13.9 Å². The van der Waals surface area contributed by atoms with Crippen LogP contribution >= 0.6 is 0 Å². The van der Waals surface area contributed by atoms with Gasteiger partial charge >= 0.3 is 6.03 Å². The van der Waals surface area contributed by atoms with Crippen LogP contribution in [0, 0.1) is 11.2 Å². The molecule has 112 valence electrons. The van der Waals surface area contributed by atoms with Crippen molar-refractivity contribution in [3.05, 3.63) is 24.0 Å². The molecule has 2 amide bonds. The number of ether oxygens (including phenoxy) is 1. The third kappa shape index (κ3) is 1.89. The van der Waals surface area contributed by atoms with E-state index >= 15 is 0 Å². The molecular weight excluding hydrogens is 273 g/mol. The minimum Gasteiger partial charge on any atom is -0.489 e. The highest BCUT2D eigenvalue weighted by molar-refractivity contribution is 5.95. The van der Waals surface area contributed by atoms with Crippen LogP contribution in [0.2, 0.25) is 0 Å². The molecule has 21 heavy (non-hydrogen) atoms. The number of halogens is 1. The number of urea groups is 1. The van der Waals surface area contributed by atoms with Crippen molar-refractivity contribution in [3.8, 4) is 5.75 Å². The quantitative estimate of drug-likeness (QED) is 0.786. The normalized spacial score (nSPS) is 25.7. The molecule has 1 aromatic rings. The van der Waals surface area contributed by atoms with Gasteiger partial charge in [-0.1, -0.05) is 0 Å². The van der Waals surface area contributed by atoms with Crippen LogP contribution in [0.15, 0.2) is 18.2 Å². The number of benzene rings is 1. The van der Waals surface area contributed by atoms with Gasteiger partial charge in [-0.3, -0.25) is 4.90 Å². The Hall–Kier alpha value is -1.82. The van der Waals surface area contributed by atoms with Gasteiger partial charge in [-0.05, 0) is 19.1 Å². The van der Waals surface area contributed by atoms with Gasteiger partial charge in [0, 0.05) is 37.7 Å². The average molecular weight is 291 g/mol. The monoisotopic (exact) mass is 291 g/mol. The third-order valence-corrected chi connectivity index (χ3v) is 4.63. The number of nitrogens with one attached hydrogen (secondary N) is 1. The fourth-order valence-electron chi connectivity index (χ4n) is 3.37. The van der Waals surface area contributed by atoms with E-state index in [0.717, 1.165) is 26.2 Å². The Morgan fingerprint density at radius 3 is 2.86 bits per heavy atom. The molecule has 1 N–H and O–H groups in total. The van der Waals surface area contributed by atoms with Crippen molar-refractivity contribution in [3.63, 3.8) is 0 Å². The highest BCUT2D eigenvalue weighted by Crippen LogP contribution is 2.39. The van der Waals surface area contributed by atoms with Crippen LogP contribution < -0.4 is 15.0 Å². The molecule has 4 rings (SSSR count). The number of nitrogens with zero attached hydrogens (tertiary/aromatic N) is 2. The molecule has 3 aliphatic heterocycles. The number of hydrogen-bond acceptors (Lipinski definition) is 3. The topological polar surface area (TPSA) is 44.8 Å². The van der Waals surface area contributed by atoms with E-state index in [0.29, 0.717) is 23.5 Å². The zero-order valence-corrected chi connectivity index (χ0v) is 11.9. The summed E-state index contributed by atoms with van der Waals surface area (Å²) < 4.78 is 18.8. The standard InChI is InChI=1S/C15H18FN3O2/c1-10-5-21-13-4-11(16)2-3-12(13)19(10)14(20)18-8-15(9-18)6-17-7-15/h2-4,10,17H,5-9H2,1H3. The summed E-state index contributed by atoms with van der Waals surface area (Å²) in [5.41, 5.74) is 0.962. The summed E-state index contributed by atoms with van der Waals surface area (Å²) in [5, 5.41) is 3.26. The lowest BCUT2D eigenvalue weighted by molar-refractivity contribution is -0.00992. The molecule has 0 radical (unpaired) electrons. The number of carbonyl (C=O) groups excluding carboxylic acids is 1. The molecule has 0 bridgehead atoms. The van der Waals surface area contributed by atoms with Gasteiger partial charge in [-0.2, -0.15) is 0 Å². The van der Waals surface area contributed by atoms with Crippen molar-refractivity contribution in [2.45, 2.75) is 13.0 Å².